The molecule has 0 aliphatic carbocycles. The Kier molecular flexibility index (Phi) is 5.92. The summed E-state index contributed by atoms with van der Waals surface area (Å²) in [6, 6.07) is 18.6. The van der Waals surface area contributed by atoms with Gasteiger partial charge in [-0.25, -0.2) is 4.79 Å². The number of benzene rings is 2. The lowest BCUT2D eigenvalue weighted by molar-refractivity contribution is 0.143. The molecule has 0 spiro atoms. The van der Waals surface area contributed by atoms with Gasteiger partial charge in [-0.15, -0.1) is 0 Å². The number of ether oxygens (including phenoxy) is 1. The van der Waals surface area contributed by atoms with Crippen LogP contribution in [0.2, 0.25) is 0 Å². The van der Waals surface area contributed by atoms with Gasteiger partial charge in [0.25, 0.3) is 0 Å². The van der Waals surface area contributed by atoms with Crippen molar-refractivity contribution in [3.8, 4) is 17.6 Å². The van der Waals surface area contributed by atoms with Gasteiger partial charge >= 0.3 is 6.03 Å². The van der Waals surface area contributed by atoms with Crippen molar-refractivity contribution < 1.29 is 14.1 Å². The largest absolute Gasteiger partial charge is 0.457 e. The van der Waals surface area contributed by atoms with E-state index in [1.165, 1.54) is 6.26 Å². The molecule has 1 aliphatic heterocycles. The van der Waals surface area contributed by atoms with E-state index in [1.54, 1.807) is 29.2 Å². The first-order valence-electron chi connectivity index (χ1n) is 9.65. The van der Waals surface area contributed by atoms with Gasteiger partial charge in [0.15, 0.2) is 5.82 Å². The number of anilines is 1. The molecule has 1 aromatic heterocycles. The molecule has 1 fully saturated rings. The van der Waals surface area contributed by atoms with Crippen LogP contribution in [-0.2, 0) is 6.54 Å². The van der Waals surface area contributed by atoms with Gasteiger partial charge in [0.05, 0.1) is 11.6 Å². The van der Waals surface area contributed by atoms with E-state index in [0.717, 1.165) is 30.9 Å². The van der Waals surface area contributed by atoms with Gasteiger partial charge in [-0.3, -0.25) is 10.2 Å². The summed E-state index contributed by atoms with van der Waals surface area (Å²) in [6.45, 7) is 3.61. The van der Waals surface area contributed by atoms with Crippen LogP contribution < -0.4 is 10.1 Å². The Morgan fingerprint density at radius 2 is 1.87 bits per heavy atom. The molecule has 0 bridgehead atoms. The van der Waals surface area contributed by atoms with Crippen LogP contribution in [-0.4, -0.2) is 47.2 Å². The fourth-order valence-electron chi connectivity index (χ4n) is 3.31. The smallest absolute Gasteiger partial charge is 0.323 e. The number of carbonyl (C=O) groups is 1. The zero-order chi connectivity index (χ0) is 20.8. The average Bonchev–Trinajstić information content (AvgIpc) is 3.28. The Hall–Kier alpha value is -3.83. The number of hydrogen-bond donors (Lipinski definition) is 1. The number of piperazine rings is 1. The van der Waals surface area contributed by atoms with Crippen molar-refractivity contribution in [1.29, 1.82) is 5.26 Å². The van der Waals surface area contributed by atoms with Crippen molar-refractivity contribution in [3.63, 3.8) is 0 Å². The number of hydrogen-bond acceptors (Lipinski definition) is 6. The molecule has 2 heterocycles. The van der Waals surface area contributed by atoms with E-state index in [0.29, 0.717) is 30.2 Å². The van der Waals surface area contributed by atoms with Gasteiger partial charge in [-0.05, 0) is 35.9 Å². The second kappa shape index (κ2) is 9.11. The molecule has 0 radical (unpaired) electrons. The van der Waals surface area contributed by atoms with Crippen molar-refractivity contribution in [2.24, 2.45) is 0 Å². The number of nitrogens with zero attached hydrogens (tertiary/aromatic N) is 4. The third-order valence-corrected chi connectivity index (χ3v) is 4.84. The third-order valence-electron chi connectivity index (χ3n) is 4.84. The molecule has 2 aromatic carbocycles. The van der Waals surface area contributed by atoms with Gasteiger partial charge in [-0.2, -0.15) is 5.26 Å². The van der Waals surface area contributed by atoms with Crippen molar-refractivity contribution in [3.05, 3.63) is 72.0 Å². The van der Waals surface area contributed by atoms with E-state index in [4.69, 9.17) is 14.5 Å². The summed E-state index contributed by atoms with van der Waals surface area (Å²) in [7, 11) is 0. The van der Waals surface area contributed by atoms with Gasteiger partial charge < -0.3 is 14.2 Å². The molecular weight excluding hydrogens is 382 g/mol. The van der Waals surface area contributed by atoms with Crippen LogP contribution in [0.25, 0.3) is 0 Å². The lowest BCUT2D eigenvalue weighted by Gasteiger charge is -2.34. The Morgan fingerprint density at radius 1 is 1.10 bits per heavy atom. The highest BCUT2D eigenvalue weighted by molar-refractivity contribution is 5.88. The number of nitriles is 1. The van der Waals surface area contributed by atoms with E-state index in [1.807, 2.05) is 24.3 Å². The fourth-order valence-corrected chi connectivity index (χ4v) is 3.31. The SMILES string of the molecule is N#Cc1cccc(Oc2cccc(CN3CCN(C(=O)Nc4ccon4)CC3)c2)c1. The Balaban J connectivity index is 1.30. The standard InChI is InChI=1S/C22H21N5O3/c23-15-17-3-1-5-19(13-17)30-20-6-2-4-18(14-20)16-26-8-10-27(11-9-26)22(28)24-21-7-12-29-25-21/h1-7,12-14H,8-11,16H2,(H,24,25,28). The molecule has 0 unspecified atom stereocenters. The summed E-state index contributed by atoms with van der Waals surface area (Å²) >= 11 is 0. The Bertz CT molecular complexity index is 1040. The normalized spacial score (nSPS) is 14.2. The van der Waals surface area contributed by atoms with E-state index >= 15 is 0 Å². The highest BCUT2D eigenvalue weighted by atomic mass is 16.5. The molecule has 30 heavy (non-hydrogen) atoms. The molecular formula is C22H21N5O3. The molecule has 4 rings (SSSR count). The topological polar surface area (TPSA) is 94.6 Å². The number of carbonyl (C=O) groups excluding carboxylic acids is 1. The highest BCUT2D eigenvalue weighted by Crippen LogP contribution is 2.24. The van der Waals surface area contributed by atoms with E-state index in [2.05, 4.69) is 27.5 Å². The number of nitrogens with one attached hydrogen (secondary N) is 1. The first-order chi connectivity index (χ1) is 14.7. The molecule has 152 valence electrons. The highest BCUT2D eigenvalue weighted by Gasteiger charge is 2.21. The predicted octanol–water partition coefficient (Wildman–Crippen LogP) is 3.69. The van der Waals surface area contributed by atoms with Crippen LogP contribution in [0.4, 0.5) is 10.6 Å². The maximum atomic E-state index is 12.3. The molecule has 0 atom stereocenters. The predicted molar refractivity (Wildman–Crippen MR) is 110 cm³/mol. The number of rotatable bonds is 5. The van der Waals surface area contributed by atoms with Crippen molar-refractivity contribution >= 4 is 11.8 Å². The minimum atomic E-state index is -0.168. The van der Waals surface area contributed by atoms with Crippen molar-refractivity contribution in [1.82, 2.24) is 15.0 Å². The summed E-state index contributed by atoms with van der Waals surface area (Å²) < 4.78 is 10.6. The summed E-state index contributed by atoms with van der Waals surface area (Å²) in [5, 5.41) is 15.4. The van der Waals surface area contributed by atoms with E-state index in [-0.39, 0.29) is 6.03 Å². The minimum Gasteiger partial charge on any atom is -0.457 e. The molecule has 3 aromatic rings. The van der Waals surface area contributed by atoms with Gasteiger partial charge in [0, 0.05) is 38.8 Å². The maximum Gasteiger partial charge on any atom is 0.323 e. The minimum absolute atomic E-state index is 0.168. The van der Waals surface area contributed by atoms with Crippen LogP contribution in [0.5, 0.6) is 11.5 Å². The molecule has 8 nitrogen and oxygen atoms in total. The van der Waals surface area contributed by atoms with Crippen LogP contribution in [0.1, 0.15) is 11.1 Å². The first kappa shape index (κ1) is 19.5. The van der Waals surface area contributed by atoms with Crippen molar-refractivity contribution in [2.75, 3.05) is 31.5 Å². The number of amides is 2. The number of aromatic nitrogens is 1. The molecule has 0 saturated carbocycles. The molecule has 2 amide bonds. The van der Waals surface area contributed by atoms with Crippen LogP contribution in [0, 0.1) is 11.3 Å². The van der Waals surface area contributed by atoms with E-state index < -0.39 is 0 Å². The van der Waals surface area contributed by atoms with Gasteiger partial charge in [-0.1, -0.05) is 23.4 Å². The van der Waals surface area contributed by atoms with Crippen LogP contribution in [0.3, 0.4) is 0 Å². The third kappa shape index (κ3) is 4.96. The summed E-state index contributed by atoms with van der Waals surface area (Å²) in [4.78, 5) is 16.3. The lowest BCUT2D eigenvalue weighted by atomic mass is 10.2. The molecule has 1 N–H and O–H groups in total. The fraction of sp³-hybridized carbons (Fsp3) is 0.227. The first-order valence-corrected chi connectivity index (χ1v) is 9.65. The van der Waals surface area contributed by atoms with Crippen LogP contribution >= 0.6 is 0 Å². The molecule has 1 aliphatic rings. The molecule has 8 heteroatoms. The quantitative estimate of drug-likeness (QED) is 0.698. The summed E-state index contributed by atoms with van der Waals surface area (Å²) in [6.07, 6.45) is 1.42. The Labute approximate surface area is 174 Å². The van der Waals surface area contributed by atoms with Crippen molar-refractivity contribution in [2.45, 2.75) is 6.54 Å². The Morgan fingerprint density at radius 3 is 2.60 bits per heavy atom. The molecule has 1 saturated heterocycles. The van der Waals surface area contributed by atoms with E-state index in [9.17, 15) is 4.79 Å². The zero-order valence-corrected chi connectivity index (χ0v) is 16.3. The average molecular weight is 403 g/mol. The second-order valence-electron chi connectivity index (χ2n) is 6.97. The van der Waals surface area contributed by atoms with Crippen LogP contribution in [0.15, 0.2) is 65.4 Å². The lowest BCUT2D eigenvalue weighted by Crippen LogP contribution is -2.49. The van der Waals surface area contributed by atoms with Gasteiger partial charge in [0.2, 0.25) is 0 Å². The second-order valence-corrected chi connectivity index (χ2v) is 6.97. The zero-order valence-electron chi connectivity index (χ0n) is 16.3. The summed E-state index contributed by atoms with van der Waals surface area (Å²) in [5.41, 5.74) is 1.69. The maximum absolute atomic E-state index is 12.3. The number of urea groups is 1. The summed E-state index contributed by atoms with van der Waals surface area (Å²) in [5.74, 6) is 1.78. The van der Waals surface area contributed by atoms with Gasteiger partial charge in [0.1, 0.15) is 17.8 Å². The monoisotopic (exact) mass is 403 g/mol.